The van der Waals surface area contributed by atoms with E-state index in [0.717, 1.165) is 18.6 Å². The van der Waals surface area contributed by atoms with E-state index in [2.05, 4.69) is 0 Å². The predicted octanol–water partition coefficient (Wildman–Crippen LogP) is 3.31. The average Bonchev–Trinajstić information content (AvgIpc) is 2.92. The zero-order chi connectivity index (χ0) is 31.5. The van der Waals surface area contributed by atoms with Crippen molar-refractivity contribution in [3.8, 4) is 5.75 Å². The van der Waals surface area contributed by atoms with E-state index in [1.807, 2.05) is 6.92 Å². The van der Waals surface area contributed by atoms with Gasteiger partial charge in [-0.3, -0.25) is 23.2 Å². The third-order valence-corrected chi connectivity index (χ3v) is 10.4. The minimum Gasteiger partial charge on any atom is -0.483 e. The zero-order valence-corrected chi connectivity index (χ0v) is 25.1. The molecule has 4 aromatic carbocycles. The lowest BCUT2D eigenvalue weighted by Gasteiger charge is -2.31. The van der Waals surface area contributed by atoms with Gasteiger partial charge >= 0.3 is 0 Å². The van der Waals surface area contributed by atoms with Gasteiger partial charge in [-0.15, -0.1) is 0 Å². The Labute approximate surface area is 247 Å². The lowest BCUT2D eigenvalue weighted by atomic mass is 9.90. The Balaban J connectivity index is 1.63. The molecule has 0 aromatic heterocycles. The van der Waals surface area contributed by atoms with Crippen LogP contribution in [0.25, 0.3) is 32.3 Å². The summed E-state index contributed by atoms with van der Waals surface area (Å²) in [5.74, 6) is -0.601. The molecule has 0 saturated carbocycles. The summed E-state index contributed by atoms with van der Waals surface area (Å²) >= 11 is 0. The number of amides is 1. The molecule has 1 fully saturated rings. The lowest BCUT2D eigenvalue weighted by molar-refractivity contribution is -0.136. The molecule has 0 atom stereocenters. The molecule has 43 heavy (non-hydrogen) atoms. The number of hydrogen-bond donors (Lipinski definition) is 3. The molecule has 1 amide bonds. The van der Waals surface area contributed by atoms with Crippen molar-refractivity contribution in [2.45, 2.75) is 47.3 Å². The molecule has 1 saturated heterocycles. The first kappa shape index (κ1) is 31.0. The fraction of sp³-hybridized carbons (Fsp3) is 0.333. The summed E-state index contributed by atoms with van der Waals surface area (Å²) in [6.07, 6.45) is 2.22. The van der Waals surface area contributed by atoms with Crippen molar-refractivity contribution in [2.75, 3.05) is 19.7 Å². The molecule has 0 radical (unpaired) electrons. The van der Waals surface area contributed by atoms with Gasteiger partial charge in [-0.1, -0.05) is 25.1 Å². The number of carbonyl (C=O) groups is 2. The number of rotatable bonds is 9. The Morgan fingerprint density at radius 2 is 1.21 bits per heavy atom. The van der Waals surface area contributed by atoms with Gasteiger partial charge in [-0.05, 0) is 31.4 Å². The third-order valence-electron chi connectivity index (χ3n) is 7.73. The minimum atomic E-state index is -5.05. The Bertz CT molecular complexity index is 2060. The Morgan fingerprint density at radius 3 is 1.67 bits per heavy atom. The number of ketones is 1. The molecule has 0 aliphatic carbocycles. The van der Waals surface area contributed by atoms with Crippen LogP contribution < -0.4 is 4.74 Å². The Morgan fingerprint density at radius 1 is 0.767 bits per heavy atom. The van der Waals surface area contributed by atoms with Crippen molar-refractivity contribution in [1.29, 1.82) is 0 Å². The second-order valence-electron chi connectivity index (χ2n) is 10.4. The third kappa shape index (κ3) is 5.77. The largest absolute Gasteiger partial charge is 0.483 e. The van der Waals surface area contributed by atoms with E-state index in [0.29, 0.717) is 38.4 Å². The summed E-state index contributed by atoms with van der Waals surface area (Å²) in [7, 11) is -15.1. The van der Waals surface area contributed by atoms with Crippen LogP contribution >= 0.6 is 0 Å². The first-order chi connectivity index (χ1) is 20.0. The van der Waals surface area contributed by atoms with E-state index in [4.69, 9.17) is 4.74 Å². The average molecular weight is 654 g/mol. The molecule has 1 aliphatic heterocycles. The van der Waals surface area contributed by atoms with Crippen molar-refractivity contribution in [1.82, 2.24) is 4.90 Å². The molecule has 5 rings (SSSR count). The molecular weight excluding hydrogens is 626 g/mol. The van der Waals surface area contributed by atoms with Crippen molar-refractivity contribution >= 4 is 74.4 Å². The summed E-state index contributed by atoms with van der Waals surface area (Å²) < 4.78 is 109. The van der Waals surface area contributed by atoms with Gasteiger partial charge in [0, 0.05) is 63.8 Å². The first-order valence-corrected chi connectivity index (χ1v) is 17.5. The smallest absolute Gasteiger partial charge is 0.295 e. The molecule has 0 bridgehead atoms. The zero-order valence-electron chi connectivity index (χ0n) is 22.7. The fourth-order valence-electron chi connectivity index (χ4n) is 5.76. The minimum absolute atomic E-state index is 0.0572. The van der Waals surface area contributed by atoms with E-state index in [-0.39, 0.29) is 49.8 Å². The van der Waals surface area contributed by atoms with Gasteiger partial charge in [0.15, 0.2) is 6.61 Å². The lowest BCUT2D eigenvalue weighted by Crippen LogP contribution is -2.42. The van der Waals surface area contributed by atoms with Crippen molar-refractivity contribution in [2.24, 2.45) is 5.92 Å². The van der Waals surface area contributed by atoms with Crippen LogP contribution in [0, 0.1) is 5.92 Å². The van der Waals surface area contributed by atoms with Gasteiger partial charge in [0.2, 0.25) is 0 Å². The van der Waals surface area contributed by atoms with Crippen LogP contribution in [0.2, 0.25) is 0 Å². The van der Waals surface area contributed by atoms with Crippen LogP contribution in [0.3, 0.4) is 0 Å². The van der Waals surface area contributed by atoms with Crippen LogP contribution in [0.4, 0.5) is 0 Å². The van der Waals surface area contributed by atoms with E-state index in [9.17, 15) is 48.5 Å². The molecule has 230 valence electrons. The SMILES string of the molecule is CCCC(=O)C1CCN(C(=O)COc2cc(S(=O)(=O)O)c3ccc4c(S(=O)(=O)O)cc(S(=O)(=O)O)c5ccc2c3c54)CC1. The fourth-order valence-corrected chi connectivity index (χ4v) is 7.97. The normalized spacial score (nSPS) is 15.5. The molecule has 0 spiro atoms. The van der Waals surface area contributed by atoms with Crippen molar-refractivity contribution < 1.29 is 53.2 Å². The maximum Gasteiger partial charge on any atom is 0.295 e. The summed E-state index contributed by atoms with van der Waals surface area (Å²) in [5, 5.41) is -0.611. The number of benzene rings is 4. The topological polar surface area (TPSA) is 210 Å². The molecular formula is C27H27NO12S3. The quantitative estimate of drug-likeness (QED) is 0.175. The van der Waals surface area contributed by atoms with Crippen LogP contribution in [-0.2, 0) is 39.9 Å². The number of ether oxygens (including phenoxy) is 1. The van der Waals surface area contributed by atoms with Crippen LogP contribution in [0.15, 0.2) is 51.1 Å². The molecule has 0 unspecified atom stereocenters. The van der Waals surface area contributed by atoms with Gasteiger partial charge < -0.3 is 9.64 Å². The van der Waals surface area contributed by atoms with Gasteiger partial charge in [0.25, 0.3) is 36.3 Å². The van der Waals surface area contributed by atoms with Crippen molar-refractivity contribution in [3.05, 3.63) is 36.4 Å². The second kappa shape index (κ2) is 10.9. The number of Topliss-reactive ketones (excluding diaryl/α,β-unsaturated/α-hetero) is 1. The van der Waals surface area contributed by atoms with Gasteiger partial charge in [0.05, 0.1) is 0 Å². The van der Waals surface area contributed by atoms with Crippen LogP contribution in [-0.4, -0.2) is 75.2 Å². The monoisotopic (exact) mass is 653 g/mol. The number of nitrogens with zero attached hydrogens (tertiary/aromatic N) is 1. The standard InChI is InChI=1S/C27H27NO12S3/c1-2-3-20(29)15-8-10-28(11-9-15)25(30)14-40-21-12-22(41(31,32)33)17-6-7-19-24(43(37,38)39)13-23(42(34,35)36)18-5-4-16(21)26(17)27(18)19/h4-7,12-13,15H,2-3,8-11,14H2,1H3,(H,31,32,33)(H,34,35,36)(H,37,38,39). The Hall–Kier alpha value is -3.41. The van der Waals surface area contributed by atoms with Crippen LogP contribution in [0.1, 0.15) is 32.6 Å². The highest BCUT2D eigenvalue weighted by molar-refractivity contribution is 7.87. The summed E-state index contributed by atoms with van der Waals surface area (Å²) in [6.45, 7) is 2.03. The van der Waals surface area contributed by atoms with Crippen LogP contribution in [0.5, 0.6) is 5.75 Å². The highest BCUT2D eigenvalue weighted by Gasteiger charge is 2.30. The summed E-state index contributed by atoms with van der Waals surface area (Å²) in [4.78, 5) is 24.3. The first-order valence-electron chi connectivity index (χ1n) is 13.2. The van der Waals surface area contributed by atoms with E-state index < -0.39 is 57.6 Å². The molecule has 4 aromatic rings. The number of likely N-dealkylation sites (tertiary alicyclic amines) is 1. The van der Waals surface area contributed by atoms with Gasteiger partial charge in [0.1, 0.15) is 26.2 Å². The highest BCUT2D eigenvalue weighted by atomic mass is 32.2. The molecule has 13 nitrogen and oxygen atoms in total. The number of hydrogen-bond acceptors (Lipinski definition) is 9. The maximum atomic E-state index is 13.0. The number of piperidine rings is 1. The van der Waals surface area contributed by atoms with E-state index in [1.54, 1.807) is 0 Å². The predicted molar refractivity (Wildman–Crippen MR) is 154 cm³/mol. The Kier molecular flexibility index (Phi) is 7.90. The van der Waals surface area contributed by atoms with Gasteiger partial charge in [-0.25, -0.2) is 0 Å². The van der Waals surface area contributed by atoms with Crippen molar-refractivity contribution in [3.63, 3.8) is 0 Å². The van der Waals surface area contributed by atoms with Gasteiger partial charge in [-0.2, -0.15) is 25.3 Å². The molecule has 3 N–H and O–H groups in total. The maximum absolute atomic E-state index is 13.0. The summed E-state index contributed by atoms with van der Waals surface area (Å²) in [5.41, 5.74) is 0. The summed E-state index contributed by atoms with van der Waals surface area (Å²) in [6, 6.07) is 6.46. The molecule has 1 aliphatic rings. The second-order valence-corrected chi connectivity index (χ2v) is 14.6. The molecule has 1 heterocycles. The number of carbonyl (C=O) groups excluding carboxylic acids is 2. The highest BCUT2D eigenvalue weighted by Crippen LogP contribution is 2.45. The van der Waals surface area contributed by atoms with E-state index >= 15 is 0 Å². The van der Waals surface area contributed by atoms with E-state index in [1.165, 1.54) is 23.1 Å². The molecule has 16 heteroatoms.